The third-order valence-electron chi connectivity index (χ3n) is 4.41. The van der Waals surface area contributed by atoms with E-state index in [4.69, 9.17) is 14.2 Å². The molecule has 2 aromatic carbocycles. The summed E-state index contributed by atoms with van der Waals surface area (Å²) in [6.07, 6.45) is 1.67. The predicted molar refractivity (Wildman–Crippen MR) is 123 cm³/mol. The normalized spacial score (nSPS) is 15.0. The summed E-state index contributed by atoms with van der Waals surface area (Å²) in [5.41, 5.74) is 0.735. The van der Waals surface area contributed by atoms with Crippen molar-refractivity contribution in [1.82, 2.24) is 4.90 Å². The van der Waals surface area contributed by atoms with Gasteiger partial charge in [0.25, 0.3) is 11.1 Å². The predicted octanol–water partition coefficient (Wildman–Crippen LogP) is 5.37. The van der Waals surface area contributed by atoms with E-state index in [9.17, 15) is 14.0 Å². The summed E-state index contributed by atoms with van der Waals surface area (Å²) in [7, 11) is 0. The third-order valence-corrected chi connectivity index (χ3v) is 5.32. The van der Waals surface area contributed by atoms with Crippen LogP contribution >= 0.6 is 11.8 Å². The Hall–Kier alpha value is -3.00. The first kappa shape index (κ1) is 23.7. The molecule has 2 amide bonds. The highest BCUT2D eigenvalue weighted by atomic mass is 32.2. The molecule has 3 rings (SSSR count). The third kappa shape index (κ3) is 6.26. The standard InChI is InChI=1S/C24H26FNO5S/c1-4-29-21-13-17(5-10-20(21)31-15-16(2)3)14-22-23(27)26(24(28)32-22)11-12-30-19-8-6-18(25)7-9-19/h5-10,13-14,16H,4,11-12,15H2,1-3H3/b22-14-. The fourth-order valence-corrected chi connectivity index (χ4v) is 3.75. The van der Waals surface area contributed by atoms with E-state index in [0.29, 0.717) is 41.3 Å². The molecule has 0 radical (unpaired) electrons. The van der Waals surface area contributed by atoms with Gasteiger partial charge < -0.3 is 14.2 Å². The first-order chi connectivity index (χ1) is 15.4. The summed E-state index contributed by atoms with van der Waals surface area (Å²) in [5, 5.41) is -0.356. The minimum Gasteiger partial charge on any atom is -0.492 e. The molecule has 0 aliphatic carbocycles. The minimum absolute atomic E-state index is 0.103. The average molecular weight is 460 g/mol. The topological polar surface area (TPSA) is 65.1 Å². The largest absolute Gasteiger partial charge is 0.492 e. The molecule has 2 aromatic rings. The van der Waals surface area contributed by atoms with Gasteiger partial charge in [-0.05, 0) is 72.6 Å². The molecule has 1 saturated heterocycles. The Morgan fingerprint density at radius 3 is 2.47 bits per heavy atom. The summed E-state index contributed by atoms with van der Waals surface area (Å²) in [6, 6.07) is 11.0. The van der Waals surface area contributed by atoms with Crippen molar-refractivity contribution in [2.24, 2.45) is 5.92 Å². The monoisotopic (exact) mass is 459 g/mol. The first-order valence-electron chi connectivity index (χ1n) is 10.4. The second kappa shape index (κ2) is 11.0. The number of hydrogen-bond acceptors (Lipinski definition) is 6. The number of carbonyl (C=O) groups excluding carboxylic acids is 2. The van der Waals surface area contributed by atoms with Gasteiger partial charge in [0.2, 0.25) is 0 Å². The van der Waals surface area contributed by atoms with Crippen molar-refractivity contribution in [3.8, 4) is 17.2 Å². The molecule has 0 saturated carbocycles. The number of amides is 2. The number of rotatable bonds is 10. The van der Waals surface area contributed by atoms with E-state index in [1.165, 1.54) is 24.3 Å². The van der Waals surface area contributed by atoms with Crippen LogP contribution in [0.4, 0.5) is 9.18 Å². The number of imide groups is 1. The number of nitrogens with zero attached hydrogens (tertiary/aromatic N) is 1. The van der Waals surface area contributed by atoms with Gasteiger partial charge in [-0.2, -0.15) is 0 Å². The van der Waals surface area contributed by atoms with Crippen LogP contribution in [0.15, 0.2) is 47.4 Å². The van der Waals surface area contributed by atoms with Crippen LogP contribution in [0.5, 0.6) is 17.2 Å². The van der Waals surface area contributed by atoms with Crippen LogP contribution in [-0.2, 0) is 4.79 Å². The van der Waals surface area contributed by atoms with Crippen molar-refractivity contribution in [2.75, 3.05) is 26.4 Å². The van der Waals surface area contributed by atoms with E-state index in [0.717, 1.165) is 22.2 Å². The maximum Gasteiger partial charge on any atom is 0.293 e. The summed E-state index contributed by atoms with van der Waals surface area (Å²) in [6.45, 7) is 7.28. The smallest absolute Gasteiger partial charge is 0.293 e. The van der Waals surface area contributed by atoms with Crippen LogP contribution in [0.1, 0.15) is 26.3 Å². The van der Waals surface area contributed by atoms with Crippen LogP contribution in [0, 0.1) is 11.7 Å². The van der Waals surface area contributed by atoms with Crippen LogP contribution in [-0.4, -0.2) is 42.4 Å². The van der Waals surface area contributed by atoms with Gasteiger partial charge in [0, 0.05) is 0 Å². The summed E-state index contributed by atoms with van der Waals surface area (Å²) in [4.78, 5) is 26.5. The van der Waals surface area contributed by atoms with Crippen molar-refractivity contribution in [3.63, 3.8) is 0 Å². The van der Waals surface area contributed by atoms with E-state index in [1.807, 2.05) is 13.0 Å². The Morgan fingerprint density at radius 2 is 1.78 bits per heavy atom. The summed E-state index contributed by atoms with van der Waals surface area (Å²) in [5.74, 6) is 1.35. The molecule has 1 heterocycles. The summed E-state index contributed by atoms with van der Waals surface area (Å²) < 4.78 is 29.9. The molecule has 0 N–H and O–H groups in total. The van der Waals surface area contributed by atoms with Gasteiger partial charge >= 0.3 is 0 Å². The average Bonchev–Trinajstić information content (AvgIpc) is 3.02. The molecule has 0 spiro atoms. The first-order valence-corrected chi connectivity index (χ1v) is 11.2. The van der Waals surface area contributed by atoms with Crippen molar-refractivity contribution < 1.29 is 28.2 Å². The lowest BCUT2D eigenvalue weighted by atomic mass is 10.1. The minimum atomic E-state index is -0.374. The number of ether oxygens (including phenoxy) is 3. The van der Waals surface area contributed by atoms with E-state index < -0.39 is 0 Å². The van der Waals surface area contributed by atoms with Gasteiger partial charge in [0.1, 0.15) is 18.2 Å². The summed E-state index contributed by atoms with van der Waals surface area (Å²) >= 11 is 0.884. The van der Waals surface area contributed by atoms with Crippen molar-refractivity contribution in [3.05, 3.63) is 58.8 Å². The van der Waals surface area contributed by atoms with Crippen LogP contribution in [0.25, 0.3) is 6.08 Å². The second-order valence-electron chi connectivity index (χ2n) is 7.48. The molecular formula is C24H26FNO5S. The van der Waals surface area contributed by atoms with Crippen LogP contribution in [0.2, 0.25) is 0 Å². The number of benzene rings is 2. The highest BCUT2D eigenvalue weighted by Crippen LogP contribution is 2.34. The van der Waals surface area contributed by atoms with Gasteiger partial charge in [-0.25, -0.2) is 4.39 Å². The molecule has 32 heavy (non-hydrogen) atoms. The maximum absolute atomic E-state index is 13.0. The lowest BCUT2D eigenvalue weighted by Crippen LogP contribution is -2.32. The fourth-order valence-electron chi connectivity index (χ4n) is 2.89. The molecule has 0 bridgehead atoms. The van der Waals surface area contributed by atoms with Gasteiger partial charge in [0.15, 0.2) is 11.5 Å². The lowest BCUT2D eigenvalue weighted by Gasteiger charge is -2.14. The molecular weight excluding hydrogens is 433 g/mol. The zero-order valence-corrected chi connectivity index (χ0v) is 19.1. The molecule has 1 fully saturated rings. The van der Waals surface area contributed by atoms with Crippen LogP contribution in [0.3, 0.4) is 0 Å². The maximum atomic E-state index is 13.0. The van der Waals surface area contributed by atoms with Crippen molar-refractivity contribution in [1.29, 1.82) is 0 Å². The Labute approximate surface area is 191 Å². The fraction of sp³-hybridized carbons (Fsp3) is 0.333. The molecule has 8 heteroatoms. The van der Waals surface area contributed by atoms with E-state index >= 15 is 0 Å². The highest BCUT2D eigenvalue weighted by Gasteiger charge is 2.34. The lowest BCUT2D eigenvalue weighted by molar-refractivity contribution is -0.123. The van der Waals surface area contributed by atoms with Gasteiger partial charge in [-0.1, -0.05) is 19.9 Å². The molecule has 0 aromatic heterocycles. The SMILES string of the molecule is CCOc1cc(/C=C2\SC(=O)N(CCOc3ccc(F)cc3)C2=O)ccc1OCC(C)C. The zero-order valence-electron chi connectivity index (χ0n) is 18.3. The Kier molecular flexibility index (Phi) is 8.16. The number of hydrogen-bond donors (Lipinski definition) is 0. The van der Waals surface area contributed by atoms with Gasteiger partial charge in [-0.15, -0.1) is 0 Å². The molecule has 1 aliphatic heterocycles. The Morgan fingerprint density at radius 1 is 1.03 bits per heavy atom. The molecule has 170 valence electrons. The Bertz CT molecular complexity index is 990. The molecule has 0 atom stereocenters. The second-order valence-corrected chi connectivity index (χ2v) is 8.47. The van der Waals surface area contributed by atoms with E-state index in [-0.39, 0.29) is 30.1 Å². The van der Waals surface area contributed by atoms with Crippen molar-refractivity contribution in [2.45, 2.75) is 20.8 Å². The van der Waals surface area contributed by atoms with Gasteiger partial charge in [0.05, 0.1) is 24.7 Å². The molecule has 0 unspecified atom stereocenters. The van der Waals surface area contributed by atoms with E-state index in [1.54, 1.807) is 18.2 Å². The number of carbonyl (C=O) groups is 2. The van der Waals surface area contributed by atoms with Crippen LogP contribution < -0.4 is 14.2 Å². The van der Waals surface area contributed by atoms with Gasteiger partial charge in [-0.3, -0.25) is 14.5 Å². The highest BCUT2D eigenvalue weighted by molar-refractivity contribution is 8.18. The Balaban J connectivity index is 1.66. The quantitative estimate of drug-likeness (QED) is 0.445. The zero-order chi connectivity index (χ0) is 23.1. The molecule has 6 nitrogen and oxygen atoms in total. The van der Waals surface area contributed by atoms with E-state index in [2.05, 4.69) is 13.8 Å². The van der Waals surface area contributed by atoms with Crippen molar-refractivity contribution >= 4 is 29.0 Å². The number of thioether (sulfide) groups is 1. The number of halogens is 1. The molecule has 1 aliphatic rings.